The first-order valence-corrected chi connectivity index (χ1v) is 6.88. The van der Waals surface area contributed by atoms with Crippen LogP contribution in [0.25, 0.3) is 0 Å². The van der Waals surface area contributed by atoms with Gasteiger partial charge in [0.25, 0.3) is 5.69 Å². The van der Waals surface area contributed by atoms with Crippen LogP contribution < -0.4 is 4.72 Å². The SMILES string of the molecule is O=C(O)CNS(=O)(=O)CCc1ccccc1[N+](=O)[O-]. The summed E-state index contributed by atoms with van der Waals surface area (Å²) in [6.45, 7) is -0.709. The van der Waals surface area contributed by atoms with E-state index in [2.05, 4.69) is 0 Å². The summed E-state index contributed by atoms with van der Waals surface area (Å²) in [5.41, 5.74) is 0.129. The number of nitrogens with zero attached hydrogens (tertiary/aromatic N) is 1. The number of nitro benzene ring substituents is 1. The average molecular weight is 288 g/mol. The second-order valence-corrected chi connectivity index (χ2v) is 5.60. The zero-order valence-corrected chi connectivity index (χ0v) is 10.6. The third-order valence-corrected chi connectivity index (χ3v) is 3.60. The van der Waals surface area contributed by atoms with Crippen LogP contribution in [0.15, 0.2) is 24.3 Å². The zero-order chi connectivity index (χ0) is 14.5. The van der Waals surface area contributed by atoms with Crippen molar-refractivity contribution in [1.29, 1.82) is 0 Å². The minimum Gasteiger partial charge on any atom is -0.480 e. The Kier molecular flexibility index (Phi) is 4.95. The fraction of sp³-hybridized carbons (Fsp3) is 0.300. The topological polar surface area (TPSA) is 127 Å². The van der Waals surface area contributed by atoms with Gasteiger partial charge in [-0.25, -0.2) is 13.1 Å². The molecule has 1 aromatic carbocycles. The van der Waals surface area contributed by atoms with Gasteiger partial charge < -0.3 is 5.11 Å². The van der Waals surface area contributed by atoms with Crippen molar-refractivity contribution in [3.05, 3.63) is 39.9 Å². The molecule has 104 valence electrons. The maximum atomic E-state index is 11.4. The van der Waals surface area contributed by atoms with Gasteiger partial charge in [0.05, 0.1) is 10.7 Å². The first-order chi connectivity index (χ1) is 8.82. The number of carboxylic acid groups (broad SMARTS) is 1. The van der Waals surface area contributed by atoms with Crippen molar-refractivity contribution in [3.63, 3.8) is 0 Å². The number of para-hydroxylation sites is 1. The molecular weight excluding hydrogens is 276 g/mol. The number of aryl methyl sites for hydroxylation is 1. The van der Waals surface area contributed by atoms with Crippen molar-refractivity contribution in [1.82, 2.24) is 4.72 Å². The van der Waals surface area contributed by atoms with Crippen molar-refractivity contribution in [2.45, 2.75) is 6.42 Å². The summed E-state index contributed by atoms with van der Waals surface area (Å²) in [6.07, 6.45) is -0.0634. The highest BCUT2D eigenvalue weighted by Gasteiger charge is 2.17. The van der Waals surface area contributed by atoms with Gasteiger partial charge in [-0.1, -0.05) is 18.2 Å². The van der Waals surface area contributed by atoms with E-state index in [1.165, 1.54) is 18.2 Å². The second kappa shape index (κ2) is 6.25. The second-order valence-electron chi connectivity index (χ2n) is 3.67. The maximum absolute atomic E-state index is 11.4. The Morgan fingerprint density at radius 1 is 1.37 bits per heavy atom. The van der Waals surface area contributed by atoms with E-state index < -0.39 is 33.2 Å². The molecule has 9 heteroatoms. The maximum Gasteiger partial charge on any atom is 0.318 e. The highest BCUT2D eigenvalue weighted by molar-refractivity contribution is 7.89. The van der Waals surface area contributed by atoms with Crippen molar-refractivity contribution in [2.75, 3.05) is 12.3 Å². The molecule has 0 amide bonds. The molecule has 0 aliphatic heterocycles. The fourth-order valence-corrected chi connectivity index (χ4v) is 2.36. The van der Waals surface area contributed by atoms with Crippen LogP contribution in [-0.4, -0.2) is 36.7 Å². The van der Waals surface area contributed by atoms with E-state index in [1.54, 1.807) is 6.07 Å². The smallest absolute Gasteiger partial charge is 0.318 e. The Bertz CT molecular complexity index is 583. The number of nitro groups is 1. The highest BCUT2D eigenvalue weighted by Crippen LogP contribution is 2.18. The lowest BCUT2D eigenvalue weighted by Crippen LogP contribution is -2.32. The first-order valence-electron chi connectivity index (χ1n) is 5.23. The Morgan fingerprint density at radius 3 is 2.58 bits per heavy atom. The third-order valence-electron chi connectivity index (χ3n) is 2.27. The van der Waals surface area contributed by atoms with E-state index in [0.29, 0.717) is 0 Å². The summed E-state index contributed by atoms with van der Waals surface area (Å²) in [6, 6.07) is 5.80. The van der Waals surface area contributed by atoms with E-state index in [1.807, 2.05) is 4.72 Å². The zero-order valence-electron chi connectivity index (χ0n) is 9.77. The van der Waals surface area contributed by atoms with Gasteiger partial charge in [-0.2, -0.15) is 0 Å². The molecule has 0 atom stereocenters. The molecule has 0 heterocycles. The number of nitrogens with one attached hydrogen (secondary N) is 1. The van der Waals surface area contributed by atoms with E-state index in [0.717, 1.165) is 0 Å². The molecule has 0 aliphatic rings. The Labute approximate surface area is 109 Å². The van der Waals surface area contributed by atoms with Crippen LogP contribution in [-0.2, 0) is 21.2 Å². The quantitative estimate of drug-likeness (QED) is 0.543. The molecule has 1 aromatic rings. The van der Waals surface area contributed by atoms with Crippen molar-refractivity contribution in [2.24, 2.45) is 0 Å². The van der Waals surface area contributed by atoms with Crippen molar-refractivity contribution >= 4 is 21.7 Å². The van der Waals surface area contributed by atoms with Crippen LogP contribution in [0, 0.1) is 10.1 Å². The van der Waals surface area contributed by atoms with Crippen LogP contribution in [0.1, 0.15) is 5.56 Å². The van der Waals surface area contributed by atoms with Gasteiger partial charge in [0, 0.05) is 11.6 Å². The number of benzene rings is 1. The predicted molar refractivity (Wildman–Crippen MR) is 66.2 cm³/mol. The molecule has 0 fully saturated rings. The number of sulfonamides is 1. The molecule has 2 N–H and O–H groups in total. The minimum absolute atomic E-state index is 0.0634. The third kappa shape index (κ3) is 5.02. The Hall–Kier alpha value is -2.00. The summed E-state index contributed by atoms with van der Waals surface area (Å²) < 4.78 is 24.8. The highest BCUT2D eigenvalue weighted by atomic mass is 32.2. The molecule has 0 saturated heterocycles. The number of hydrogen-bond donors (Lipinski definition) is 2. The minimum atomic E-state index is -3.77. The van der Waals surface area contributed by atoms with Crippen LogP contribution in [0.2, 0.25) is 0 Å². The number of carbonyl (C=O) groups is 1. The van der Waals surface area contributed by atoms with Gasteiger partial charge in [-0.15, -0.1) is 0 Å². The van der Waals surface area contributed by atoms with E-state index in [4.69, 9.17) is 5.11 Å². The normalized spacial score (nSPS) is 11.2. The van der Waals surface area contributed by atoms with Gasteiger partial charge in [0.2, 0.25) is 10.0 Å². The van der Waals surface area contributed by atoms with E-state index in [-0.39, 0.29) is 17.7 Å². The van der Waals surface area contributed by atoms with Crippen LogP contribution in [0.4, 0.5) is 5.69 Å². The summed E-state index contributed by atoms with van der Waals surface area (Å²) >= 11 is 0. The number of rotatable bonds is 7. The molecule has 0 bridgehead atoms. The summed E-state index contributed by atoms with van der Waals surface area (Å²) in [4.78, 5) is 20.4. The molecule has 1 rings (SSSR count). The Morgan fingerprint density at radius 2 is 2.00 bits per heavy atom. The summed E-state index contributed by atoms with van der Waals surface area (Å²) in [7, 11) is -3.77. The standard InChI is InChI=1S/C10H12N2O6S/c13-10(14)7-11-19(17,18)6-5-8-3-1-2-4-9(8)12(15)16/h1-4,11H,5-7H2,(H,13,14). The fourth-order valence-electron chi connectivity index (χ4n) is 1.39. The molecular formula is C10H12N2O6S. The molecule has 0 unspecified atom stereocenters. The van der Waals surface area contributed by atoms with Gasteiger partial charge in [0.15, 0.2) is 0 Å². The van der Waals surface area contributed by atoms with Crippen LogP contribution in [0.3, 0.4) is 0 Å². The van der Waals surface area contributed by atoms with Crippen LogP contribution >= 0.6 is 0 Å². The predicted octanol–water partition coefficient (Wildman–Crippen LogP) is 0.141. The number of hydrogen-bond acceptors (Lipinski definition) is 5. The van der Waals surface area contributed by atoms with Gasteiger partial charge in [-0.3, -0.25) is 14.9 Å². The van der Waals surface area contributed by atoms with Crippen molar-refractivity contribution in [3.8, 4) is 0 Å². The summed E-state index contributed by atoms with van der Waals surface area (Å²) in [5, 5.41) is 19.1. The Balaban J connectivity index is 2.72. The molecule has 8 nitrogen and oxygen atoms in total. The molecule has 19 heavy (non-hydrogen) atoms. The van der Waals surface area contributed by atoms with Crippen LogP contribution in [0.5, 0.6) is 0 Å². The molecule has 0 radical (unpaired) electrons. The molecule has 0 spiro atoms. The summed E-state index contributed by atoms with van der Waals surface area (Å²) in [5.74, 6) is -1.71. The number of aliphatic carboxylic acids is 1. The number of carboxylic acids is 1. The van der Waals surface area contributed by atoms with Gasteiger partial charge >= 0.3 is 5.97 Å². The van der Waals surface area contributed by atoms with E-state index in [9.17, 15) is 23.3 Å². The average Bonchev–Trinajstić information content (AvgIpc) is 2.34. The lowest BCUT2D eigenvalue weighted by atomic mass is 10.1. The molecule has 0 aromatic heterocycles. The lowest BCUT2D eigenvalue weighted by Gasteiger charge is -2.05. The monoisotopic (exact) mass is 288 g/mol. The van der Waals surface area contributed by atoms with Crippen molar-refractivity contribution < 1.29 is 23.2 Å². The van der Waals surface area contributed by atoms with E-state index >= 15 is 0 Å². The van der Waals surface area contributed by atoms with Gasteiger partial charge in [0.1, 0.15) is 6.54 Å². The molecule has 0 aliphatic carbocycles. The molecule has 0 saturated carbocycles. The largest absolute Gasteiger partial charge is 0.480 e. The first kappa shape index (κ1) is 15.1. The lowest BCUT2D eigenvalue weighted by molar-refractivity contribution is -0.385. The van der Waals surface area contributed by atoms with Gasteiger partial charge in [-0.05, 0) is 6.42 Å².